The van der Waals surface area contributed by atoms with Gasteiger partial charge in [-0.1, -0.05) is 11.6 Å². The van der Waals surface area contributed by atoms with Crippen molar-refractivity contribution in [1.82, 2.24) is 0 Å². The van der Waals surface area contributed by atoms with Gasteiger partial charge in [0.1, 0.15) is 0 Å². The molecular formula is C11H22O3. The summed E-state index contributed by atoms with van der Waals surface area (Å²) in [5, 5.41) is 0. The van der Waals surface area contributed by atoms with Crippen LogP contribution in [-0.2, 0) is 14.2 Å². The minimum atomic E-state index is -0.226. The molecule has 3 nitrogen and oxygen atoms in total. The molecule has 0 aliphatic rings. The second kappa shape index (κ2) is 9.19. The van der Waals surface area contributed by atoms with Gasteiger partial charge >= 0.3 is 0 Å². The quantitative estimate of drug-likeness (QED) is 0.343. The van der Waals surface area contributed by atoms with Crippen LogP contribution in [0.15, 0.2) is 11.6 Å². The minimum Gasteiger partial charge on any atom is -0.372 e. The predicted molar refractivity (Wildman–Crippen MR) is 57.3 cm³/mol. The van der Waals surface area contributed by atoms with Crippen LogP contribution in [0, 0.1) is 0 Å². The summed E-state index contributed by atoms with van der Waals surface area (Å²) in [5.74, 6) is 0. The Morgan fingerprint density at radius 2 is 1.71 bits per heavy atom. The molecule has 0 aromatic rings. The zero-order valence-corrected chi connectivity index (χ0v) is 9.71. The molecule has 0 unspecified atom stereocenters. The topological polar surface area (TPSA) is 27.7 Å². The second-order valence-electron chi connectivity index (χ2n) is 3.16. The Labute approximate surface area is 87.0 Å². The lowest BCUT2D eigenvalue weighted by atomic mass is 10.3. The van der Waals surface area contributed by atoms with Gasteiger partial charge in [0.05, 0.1) is 13.2 Å². The van der Waals surface area contributed by atoms with Crippen LogP contribution in [0.2, 0.25) is 0 Å². The highest BCUT2D eigenvalue weighted by atomic mass is 16.7. The van der Waals surface area contributed by atoms with E-state index < -0.39 is 0 Å². The van der Waals surface area contributed by atoms with E-state index in [4.69, 9.17) is 14.2 Å². The predicted octanol–water partition coefficient (Wildman–Crippen LogP) is 2.37. The molecule has 0 bridgehead atoms. The summed E-state index contributed by atoms with van der Waals surface area (Å²) < 4.78 is 16.0. The van der Waals surface area contributed by atoms with Gasteiger partial charge in [-0.2, -0.15) is 0 Å². The molecule has 0 saturated carbocycles. The van der Waals surface area contributed by atoms with Crippen molar-refractivity contribution in [3.05, 3.63) is 11.6 Å². The summed E-state index contributed by atoms with van der Waals surface area (Å²) in [6.07, 6.45) is 1.81. The normalized spacial score (nSPS) is 10.6. The Balaban J connectivity index is 3.54. The van der Waals surface area contributed by atoms with Crippen molar-refractivity contribution in [3.8, 4) is 0 Å². The molecule has 84 valence electrons. The Bertz CT molecular complexity index is 145. The summed E-state index contributed by atoms with van der Waals surface area (Å²) in [6, 6.07) is 0. The Morgan fingerprint density at radius 3 is 2.14 bits per heavy atom. The van der Waals surface area contributed by atoms with E-state index in [0.717, 1.165) is 0 Å². The van der Waals surface area contributed by atoms with Crippen molar-refractivity contribution in [2.45, 2.75) is 34.0 Å². The zero-order valence-electron chi connectivity index (χ0n) is 9.71. The summed E-state index contributed by atoms with van der Waals surface area (Å²) in [5.41, 5.74) is 1.26. The van der Waals surface area contributed by atoms with Gasteiger partial charge in [-0.05, 0) is 27.7 Å². The highest BCUT2D eigenvalue weighted by Gasteiger charge is 2.06. The maximum Gasteiger partial charge on any atom is 0.180 e. The molecular weight excluding hydrogens is 180 g/mol. The fourth-order valence-corrected chi connectivity index (χ4v) is 0.906. The van der Waals surface area contributed by atoms with Crippen LogP contribution in [0.25, 0.3) is 0 Å². The molecule has 0 atom stereocenters. The molecule has 14 heavy (non-hydrogen) atoms. The van der Waals surface area contributed by atoms with E-state index in [1.54, 1.807) is 0 Å². The average molecular weight is 202 g/mol. The van der Waals surface area contributed by atoms with Crippen molar-refractivity contribution in [1.29, 1.82) is 0 Å². The van der Waals surface area contributed by atoms with Gasteiger partial charge in [0.25, 0.3) is 0 Å². The minimum absolute atomic E-state index is 0.226. The highest BCUT2D eigenvalue weighted by Crippen LogP contribution is 1.97. The third kappa shape index (κ3) is 8.23. The summed E-state index contributed by atoms with van der Waals surface area (Å²) >= 11 is 0. The molecule has 0 fully saturated rings. The second-order valence-corrected chi connectivity index (χ2v) is 3.16. The first kappa shape index (κ1) is 13.6. The lowest BCUT2D eigenvalue weighted by Crippen LogP contribution is -2.23. The van der Waals surface area contributed by atoms with Crippen molar-refractivity contribution >= 4 is 0 Å². The van der Waals surface area contributed by atoms with Crippen molar-refractivity contribution < 1.29 is 14.2 Å². The van der Waals surface area contributed by atoms with E-state index in [9.17, 15) is 0 Å². The molecule has 3 heteroatoms. The summed E-state index contributed by atoms with van der Waals surface area (Å²) in [6.45, 7) is 10.4. The molecule has 0 aliphatic heterocycles. The van der Waals surface area contributed by atoms with E-state index in [1.165, 1.54) is 5.57 Å². The van der Waals surface area contributed by atoms with Crippen molar-refractivity contribution in [2.75, 3.05) is 26.4 Å². The van der Waals surface area contributed by atoms with Crippen molar-refractivity contribution in [3.63, 3.8) is 0 Å². The lowest BCUT2D eigenvalue weighted by Gasteiger charge is -2.16. The summed E-state index contributed by atoms with van der Waals surface area (Å²) in [7, 11) is 0. The molecule has 0 aromatic heterocycles. The number of allylic oxidation sites excluding steroid dienone is 1. The molecule has 0 amide bonds. The van der Waals surface area contributed by atoms with Gasteiger partial charge in [-0.25, -0.2) is 0 Å². The molecule has 0 N–H and O–H groups in total. The third-order valence-corrected chi connectivity index (χ3v) is 1.57. The smallest absolute Gasteiger partial charge is 0.180 e. The van der Waals surface area contributed by atoms with Crippen LogP contribution in [0.4, 0.5) is 0 Å². The number of ether oxygens (including phenoxy) is 3. The van der Waals surface area contributed by atoms with Gasteiger partial charge < -0.3 is 14.2 Å². The van der Waals surface area contributed by atoms with Crippen LogP contribution < -0.4 is 0 Å². The monoisotopic (exact) mass is 202 g/mol. The first-order chi connectivity index (χ1) is 6.70. The van der Waals surface area contributed by atoms with Crippen LogP contribution in [0.3, 0.4) is 0 Å². The van der Waals surface area contributed by atoms with Crippen molar-refractivity contribution in [2.24, 2.45) is 0 Å². The van der Waals surface area contributed by atoms with E-state index in [2.05, 4.69) is 0 Å². The first-order valence-corrected chi connectivity index (χ1v) is 5.15. The lowest BCUT2D eigenvalue weighted by molar-refractivity contribution is -0.165. The number of rotatable bonds is 8. The first-order valence-electron chi connectivity index (χ1n) is 5.15. The fraction of sp³-hybridized carbons (Fsp3) is 0.818. The van der Waals surface area contributed by atoms with E-state index >= 15 is 0 Å². The molecule has 0 aliphatic carbocycles. The highest BCUT2D eigenvalue weighted by molar-refractivity contribution is 4.92. The Hall–Kier alpha value is -0.380. The Morgan fingerprint density at radius 1 is 1.14 bits per heavy atom. The van der Waals surface area contributed by atoms with Gasteiger partial charge in [-0.15, -0.1) is 0 Å². The van der Waals surface area contributed by atoms with Crippen LogP contribution in [0.5, 0.6) is 0 Å². The number of hydrogen-bond acceptors (Lipinski definition) is 3. The summed E-state index contributed by atoms with van der Waals surface area (Å²) in [4.78, 5) is 0. The third-order valence-electron chi connectivity index (χ3n) is 1.57. The largest absolute Gasteiger partial charge is 0.372 e. The molecule has 0 aromatic carbocycles. The van der Waals surface area contributed by atoms with Gasteiger partial charge in [0, 0.05) is 13.2 Å². The zero-order chi connectivity index (χ0) is 10.8. The van der Waals surface area contributed by atoms with E-state index in [-0.39, 0.29) is 6.29 Å². The van der Waals surface area contributed by atoms with E-state index in [1.807, 2.05) is 33.8 Å². The van der Waals surface area contributed by atoms with Crippen LogP contribution >= 0.6 is 0 Å². The van der Waals surface area contributed by atoms with Crippen LogP contribution in [-0.4, -0.2) is 32.7 Å². The number of hydrogen-bond donors (Lipinski definition) is 0. The van der Waals surface area contributed by atoms with Gasteiger partial charge in [0.2, 0.25) is 0 Å². The molecule has 0 heterocycles. The molecule has 0 radical (unpaired) electrons. The van der Waals surface area contributed by atoms with Gasteiger partial charge in [0.15, 0.2) is 6.29 Å². The molecule has 0 rings (SSSR count). The molecule has 0 spiro atoms. The molecule has 0 saturated heterocycles. The SMILES string of the molecule is CCOC(COCC=C(C)C)OCC. The van der Waals surface area contributed by atoms with Gasteiger partial charge in [-0.3, -0.25) is 0 Å². The fourth-order valence-electron chi connectivity index (χ4n) is 0.906. The van der Waals surface area contributed by atoms with E-state index in [0.29, 0.717) is 26.4 Å². The van der Waals surface area contributed by atoms with Crippen LogP contribution in [0.1, 0.15) is 27.7 Å². The average Bonchev–Trinajstić information content (AvgIpc) is 2.12. The standard InChI is InChI=1S/C11H22O3/c1-5-13-11(14-6-2)9-12-8-7-10(3)4/h7,11H,5-6,8-9H2,1-4H3. The maximum atomic E-state index is 5.39. The maximum absolute atomic E-state index is 5.39. The Kier molecular flexibility index (Phi) is 8.94.